The predicted molar refractivity (Wildman–Crippen MR) is 124 cm³/mol. The van der Waals surface area contributed by atoms with Crippen LogP contribution in [-0.2, 0) is 9.59 Å². The Bertz CT molecular complexity index is 1060. The Hall–Kier alpha value is -2.92. The third-order valence-corrected chi connectivity index (χ3v) is 6.35. The maximum Gasteiger partial charge on any atom is 0.251 e. The van der Waals surface area contributed by atoms with Crippen LogP contribution in [0, 0.1) is 23.0 Å². The first-order valence-corrected chi connectivity index (χ1v) is 11.5. The number of benzene rings is 1. The summed E-state index contributed by atoms with van der Waals surface area (Å²) in [5.41, 5.74) is -0.824. The summed E-state index contributed by atoms with van der Waals surface area (Å²) in [6.45, 7) is 5.26. The number of carbonyl (C=O) groups is 2. The van der Waals surface area contributed by atoms with Gasteiger partial charge in [0.25, 0.3) is 5.91 Å². The molecule has 2 heterocycles. The fourth-order valence-corrected chi connectivity index (χ4v) is 4.55. The summed E-state index contributed by atoms with van der Waals surface area (Å²) >= 11 is 0. The molecule has 0 saturated carbocycles. The van der Waals surface area contributed by atoms with Crippen molar-refractivity contribution in [2.75, 3.05) is 26.7 Å². The SMILES string of the molecule is CNC(=O)CC(C)(C)C(c1ncc(-c2cc(F)ccc2F)[nH]1)N(CC1CNCC1F)C(=O)C(C)O. The molecule has 1 aliphatic heterocycles. The quantitative estimate of drug-likeness (QED) is 0.427. The molecule has 1 aliphatic rings. The van der Waals surface area contributed by atoms with E-state index in [0.29, 0.717) is 6.54 Å². The number of hydrogen-bond donors (Lipinski definition) is 4. The van der Waals surface area contributed by atoms with E-state index in [1.54, 1.807) is 13.8 Å². The average Bonchev–Trinajstić information content (AvgIpc) is 3.43. The molecule has 192 valence electrons. The minimum atomic E-state index is -1.39. The van der Waals surface area contributed by atoms with Crippen LogP contribution in [0.2, 0.25) is 0 Å². The highest BCUT2D eigenvalue weighted by atomic mass is 19.1. The number of nitrogens with one attached hydrogen (secondary N) is 3. The van der Waals surface area contributed by atoms with Crippen LogP contribution in [-0.4, -0.2) is 70.7 Å². The summed E-state index contributed by atoms with van der Waals surface area (Å²) in [5.74, 6) is -2.59. The maximum atomic E-state index is 14.5. The monoisotopic (exact) mass is 495 g/mol. The van der Waals surface area contributed by atoms with E-state index < -0.39 is 47.2 Å². The van der Waals surface area contributed by atoms with Gasteiger partial charge in [-0.25, -0.2) is 18.2 Å². The molecule has 2 amide bonds. The minimum absolute atomic E-state index is 0.0237. The lowest BCUT2D eigenvalue weighted by Crippen LogP contribution is -2.50. The first-order chi connectivity index (χ1) is 16.4. The van der Waals surface area contributed by atoms with Crippen LogP contribution < -0.4 is 10.6 Å². The molecule has 0 radical (unpaired) electrons. The van der Waals surface area contributed by atoms with Crippen molar-refractivity contribution in [3.05, 3.63) is 41.9 Å². The van der Waals surface area contributed by atoms with Crippen LogP contribution in [0.4, 0.5) is 13.2 Å². The summed E-state index contributed by atoms with van der Waals surface area (Å²) < 4.78 is 42.7. The number of halogens is 3. The third-order valence-electron chi connectivity index (χ3n) is 6.35. The molecule has 11 heteroatoms. The van der Waals surface area contributed by atoms with Gasteiger partial charge >= 0.3 is 0 Å². The number of amides is 2. The van der Waals surface area contributed by atoms with Gasteiger partial charge in [0.15, 0.2) is 0 Å². The van der Waals surface area contributed by atoms with Crippen molar-refractivity contribution < 1.29 is 27.9 Å². The van der Waals surface area contributed by atoms with Gasteiger partial charge < -0.3 is 25.6 Å². The zero-order valence-electron chi connectivity index (χ0n) is 20.2. The lowest BCUT2D eigenvalue weighted by atomic mass is 9.78. The molecule has 0 bridgehead atoms. The zero-order valence-corrected chi connectivity index (χ0v) is 20.2. The Morgan fingerprint density at radius 2 is 2.03 bits per heavy atom. The van der Waals surface area contributed by atoms with Crippen molar-refractivity contribution in [1.29, 1.82) is 0 Å². The van der Waals surface area contributed by atoms with Crippen molar-refractivity contribution in [2.24, 2.45) is 11.3 Å². The molecule has 1 saturated heterocycles. The standard InChI is InChI=1S/C24H32F3N5O3/c1-13(33)23(35)32(12-14-9-29-10-18(14)27)21(24(2,3)8-20(34)28-4)22-30-11-19(31-22)16-7-15(25)5-6-17(16)26/h5-7,11,13-14,18,21,29,33H,8-10,12H2,1-4H3,(H,28,34)(H,30,31). The molecule has 0 spiro atoms. The number of imidazole rings is 1. The minimum Gasteiger partial charge on any atom is -0.384 e. The lowest BCUT2D eigenvalue weighted by Gasteiger charge is -2.42. The van der Waals surface area contributed by atoms with Crippen LogP contribution in [0.3, 0.4) is 0 Å². The first kappa shape index (κ1) is 26.7. The Balaban J connectivity index is 2.10. The predicted octanol–water partition coefficient (Wildman–Crippen LogP) is 2.33. The molecule has 4 atom stereocenters. The number of aromatic amines is 1. The van der Waals surface area contributed by atoms with Crippen molar-refractivity contribution in [2.45, 2.75) is 45.5 Å². The van der Waals surface area contributed by atoms with E-state index in [0.717, 1.165) is 18.2 Å². The van der Waals surface area contributed by atoms with Gasteiger partial charge in [-0.3, -0.25) is 9.59 Å². The van der Waals surface area contributed by atoms with Crippen LogP contribution >= 0.6 is 0 Å². The Labute approximate surface area is 202 Å². The fraction of sp³-hybridized carbons (Fsp3) is 0.542. The van der Waals surface area contributed by atoms with E-state index in [1.165, 1.54) is 25.1 Å². The number of rotatable bonds is 9. The van der Waals surface area contributed by atoms with E-state index in [1.807, 2.05) is 0 Å². The highest BCUT2D eigenvalue weighted by Crippen LogP contribution is 2.42. The summed E-state index contributed by atoms with van der Waals surface area (Å²) in [4.78, 5) is 34.2. The van der Waals surface area contributed by atoms with Gasteiger partial charge in [-0.05, 0) is 25.1 Å². The van der Waals surface area contributed by atoms with Gasteiger partial charge in [0.1, 0.15) is 29.7 Å². The Morgan fingerprint density at radius 1 is 1.31 bits per heavy atom. The molecular formula is C24H32F3N5O3. The summed E-state index contributed by atoms with van der Waals surface area (Å²) in [5, 5.41) is 15.7. The molecule has 4 N–H and O–H groups in total. The smallest absolute Gasteiger partial charge is 0.251 e. The summed E-state index contributed by atoms with van der Waals surface area (Å²) in [6.07, 6.45) is -1.30. The van der Waals surface area contributed by atoms with Crippen LogP contribution in [0.1, 0.15) is 39.1 Å². The topological polar surface area (TPSA) is 110 Å². The van der Waals surface area contributed by atoms with Gasteiger partial charge in [-0.2, -0.15) is 0 Å². The second-order valence-corrected chi connectivity index (χ2v) is 9.65. The number of aliphatic hydroxyl groups excluding tert-OH is 1. The van der Waals surface area contributed by atoms with Gasteiger partial charge in [-0.1, -0.05) is 13.8 Å². The average molecular weight is 496 g/mol. The first-order valence-electron chi connectivity index (χ1n) is 11.5. The largest absolute Gasteiger partial charge is 0.384 e. The van der Waals surface area contributed by atoms with Crippen molar-refractivity contribution in [1.82, 2.24) is 25.5 Å². The molecular weight excluding hydrogens is 463 g/mol. The van der Waals surface area contributed by atoms with Crippen molar-refractivity contribution in [3.8, 4) is 11.3 Å². The van der Waals surface area contributed by atoms with E-state index in [9.17, 15) is 27.9 Å². The zero-order chi connectivity index (χ0) is 25.9. The number of carbonyl (C=O) groups excluding carboxylic acids is 2. The molecule has 2 aromatic rings. The van der Waals surface area contributed by atoms with Crippen LogP contribution in [0.25, 0.3) is 11.3 Å². The van der Waals surface area contributed by atoms with Crippen LogP contribution in [0.5, 0.6) is 0 Å². The highest BCUT2D eigenvalue weighted by molar-refractivity contribution is 5.81. The molecule has 1 fully saturated rings. The van der Waals surface area contributed by atoms with Crippen molar-refractivity contribution >= 4 is 11.8 Å². The molecule has 1 aromatic carbocycles. The molecule has 1 aromatic heterocycles. The lowest BCUT2D eigenvalue weighted by molar-refractivity contribution is -0.147. The normalized spacial score (nSPS) is 19.9. The van der Waals surface area contributed by atoms with Gasteiger partial charge in [0, 0.05) is 50.0 Å². The number of aromatic nitrogens is 2. The second kappa shape index (κ2) is 10.8. The number of H-pyrrole nitrogens is 1. The van der Waals surface area contributed by atoms with Gasteiger partial charge in [0.2, 0.25) is 5.91 Å². The maximum absolute atomic E-state index is 14.5. The molecule has 4 unspecified atom stereocenters. The molecule has 8 nitrogen and oxygen atoms in total. The number of hydrogen-bond acceptors (Lipinski definition) is 5. The van der Waals surface area contributed by atoms with Gasteiger partial charge in [0.05, 0.1) is 17.9 Å². The summed E-state index contributed by atoms with van der Waals surface area (Å²) in [7, 11) is 1.49. The number of nitrogens with zero attached hydrogens (tertiary/aromatic N) is 2. The third kappa shape index (κ3) is 6.02. The van der Waals surface area contributed by atoms with Gasteiger partial charge in [-0.15, -0.1) is 0 Å². The Kier molecular flexibility index (Phi) is 8.22. The Morgan fingerprint density at radius 3 is 2.63 bits per heavy atom. The fourth-order valence-electron chi connectivity index (χ4n) is 4.55. The van der Waals surface area contributed by atoms with Crippen molar-refractivity contribution in [3.63, 3.8) is 0 Å². The summed E-state index contributed by atoms with van der Waals surface area (Å²) in [6, 6.07) is 2.10. The number of aliphatic hydroxyl groups is 1. The molecule has 35 heavy (non-hydrogen) atoms. The second-order valence-electron chi connectivity index (χ2n) is 9.65. The molecule has 0 aliphatic carbocycles. The number of alkyl halides is 1. The van der Waals surface area contributed by atoms with E-state index in [-0.39, 0.29) is 42.5 Å². The molecule has 3 rings (SSSR count). The van der Waals surface area contributed by atoms with E-state index in [2.05, 4.69) is 20.6 Å². The van der Waals surface area contributed by atoms with E-state index in [4.69, 9.17) is 0 Å². The van der Waals surface area contributed by atoms with E-state index >= 15 is 0 Å². The highest BCUT2D eigenvalue weighted by Gasteiger charge is 2.44. The van der Waals surface area contributed by atoms with Crippen LogP contribution in [0.15, 0.2) is 24.4 Å².